The molecule has 4 rings (SSSR count). The SMILES string of the molecule is O=C(O)c1cc2c(ncn2C[C@@H]2CCCCO2)c(F)c1Nc1ccc(Br)cc1Cl. The summed E-state index contributed by atoms with van der Waals surface area (Å²) in [5.74, 6) is -1.98. The van der Waals surface area contributed by atoms with Gasteiger partial charge in [0.15, 0.2) is 5.82 Å². The van der Waals surface area contributed by atoms with Crippen LogP contribution >= 0.6 is 27.5 Å². The molecule has 0 unspecified atom stereocenters. The summed E-state index contributed by atoms with van der Waals surface area (Å²) in [4.78, 5) is 16.1. The summed E-state index contributed by atoms with van der Waals surface area (Å²) >= 11 is 9.50. The van der Waals surface area contributed by atoms with Crippen LogP contribution in [0, 0.1) is 5.82 Å². The predicted octanol–water partition coefficient (Wildman–Crippen LogP) is 5.60. The lowest BCUT2D eigenvalue weighted by Gasteiger charge is -2.23. The first-order valence-electron chi connectivity index (χ1n) is 9.18. The monoisotopic (exact) mass is 481 g/mol. The molecule has 1 aromatic heterocycles. The smallest absolute Gasteiger partial charge is 0.338 e. The molecule has 1 aliphatic heterocycles. The summed E-state index contributed by atoms with van der Waals surface area (Å²) in [6.45, 7) is 1.20. The van der Waals surface area contributed by atoms with Crippen LogP contribution in [-0.2, 0) is 11.3 Å². The van der Waals surface area contributed by atoms with Gasteiger partial charge in [-0.25, -0.2) is 14.2 Å². The van der Waals surface area contributed by atoms with Crippen LogP contribution in [0.2, 0.25) is 5.02 Å². The summed E-state index contributed by atoms with van der Waals surface area (Å²) in [7, 11) is 0. The van der Waals surface area contributed by atoms with Crippen molar-refractivity contribution in [2.75, 3.05) is 11.9 Å². The Morgan fingerprint density at radius 1 is 1.41 bits per heavy atom. The Labute approximate surface area is 179 Å². The number of fused-ring (bicyclic) bond motifs is 1. The molecule has 29 heavy (non-hydrogen) atoms. The van der Waals surface area contributed by atoms with E-state index in [4.69, 9.17) is 16.3 Å². The second kappa shape index (κ2) is 8.30. The van der Waals surface area contributed by atoms with Gasteiger partial charge in [0.25, 0.3) is 0 Å². The topological polar surface area (TPSA) is 76.4 Å². The third kappa shape index (κ3) is 4.10. The normalized spacial score (nSPS) is 16.9. The number of nitrogens with zero attached hydrogens (tertiary/aromatic N) is 2. The molecule has 9 heteroatoms. The van der Waals surface area contributed by atoms with E-state index in [0.717, 1.165) is 23.7 Å². The van der Waals surface area contributed by atoms with Gasteiger partial charge in [0.2, 0.25) is 0 Å². The highest BCUT2D eigenvalue weighted by molar-refractivity contribution is 9.10. The van der Waals surface area contributed by atoms with Crippen molar-refractivity contribution >= 4 is 55.9 Å². The van der Waals surface area contributed by atoms with Gasteiger partial charge in [-0.2, -0.15) is 0 Å². The Morgan fingerprint density at radius 2 is 2.24 bits per heavy atom. The summed E-state index contributed by atoms with van der Waals surface area (Å²) in [6, 6.07) is 6.44. The van der Waals surface area contributed by atoms with Gasteiger partial charge in [0.05, 0.1) is 46.5 Å². The van der Waals surface area contributed by atoms with E-state index in [1.165, 1.54) is 12.4 Å². The quantitative estimate of drug-likeness (QED) is 0.495. The summed E-state index contributed by atoms with van der Waals surface area (Å²) in [5.41, 5.74) is 0.544. The molecule has 0 amide bonds. The number of ether oxygens (including phenoxy) is 1. The van der Waals surface area contributed by atoms with Gasteiger partial charge in [-0.15, -0.1) is 0 Å². The summed E-state index contributed by atoms with van der Waals surface area (Å²) in [6.07, 6.45) is 4.56. The van der Waals surface area contributed by atoms with Crippen LogP contribution in [0.25, 0.3) is 11.0 Å². The van der Waals surface area contributed by atoms with E-state index in [0.29, 0.717) is 29.4 Å². The van der Waals surface area contributed by atoms with Crippen molar-refractivity contribution in [1.82, 2.24) is 9.55 Å². The standard InChI is InChI=1S/C20H18BrClFN3O3/c21-11-4-5-15(14(22)7-11)25-18-13(20(27)28)8-16-19(17(18)23)24-10-26(16)9-12-3-1-2-6-29-12/h4-5,7-8,10,12,25H,1-3,6,9H2,(H,27,28)/t12-/m0/s1. The van der Waals surface area contributed by atoms with Crippen LogP contribution in [0.3, 0.4) is 0 Å². The molecule has 1 atom stereocenters. The van der Waals surface area contributed by atoms with E-state index in [1.807, 2.05) is 0 Å². The van der Waals surface area contributed by atoms with Crippen molar-refractivity contribution < 1.29 is 19.0 Å². The van der Waals surface area contributed by atoms with Crippen molar-refractivity contribution in [3.8, 4) is 0 Å². The number of aromatic nitrogens is 2. The van der Waals surface area contributed by atoms with Crippen molar-refractivity contribution in [2.24, 2.45) is 0 Å². The van der Waals surface area contributed by atoms with E-state index >= 15 is 4.39 Å². The summed E-state index contributed by atoms with van der Waals surface area (Å²) in [5, 5.41) is 12.8. The van der Waals surface area contributed by atoms with Gasteiger partial charge < -0.3 is 19.7 Å². The molecule has 1 aliphatic rings. The van der Waals surface area contributed by atoms with Gasteiger partial charge in [0, 0.05) is 11.1 Å². The highest BCUT2D eigenvalue weighted by atomic mass is 79.9. The lowest BCUT2D eigenvalue weighted by Crippen LogP contribution is -2.24. The van der Waals surface area contributed by atoms with E-state index in [2.05, 4.69) is 26.2 Å². The number of hydrogen-bond donors (Lipinski definition) is 2. The Balaban J connectivity index is 1.75. The van der Waals surface area contributed by atoms with Crippen molar-refractivity contribution in [1.29, 1.82) is 0 Å². The number of imidazole rings is 1. The molecule has 0 bridgehead atoms. The van der Waals surface area contributed by atoms with E-state index in [1.54, 1.807) is 22.8 Å². The number of carboxylic acid groups (broad SMARTS) is 1. The zero-order valence-electron chi connectivity index (χ0n) is 15.3. The molecule has 1 fully saturated rings. The number of carbonyl (C=O) groups is 1. The second-order valence-corrected chi connectivity index (χ2v) is 8.24. The van der Waals surface area contributed by atoms with E-state index in [9.17, 15) is 9.90 Å². The molecule has 152 valence electrons. The van der Waals surface area contributed by atoms with Crippen LogP contribution in [-0.4, -0.2) is 33.3 Å². The number of aromatic carboxylic acids is 1. The number of benzene rings is 2. The average molecular weight is 483 g/mol. The van der Waals surface area contributed by atoms with Crippen molar-refractivity contribution in [2.45, 2.75) is 31.9 Å². The maximum absolute atomic E-state index is 15.3. The molecule has 0 spiro atoms. The van der Waals surface area contributed by atoms with E-state index < -0.39 is 11.8 Å². The molecule has 0 aliphatic carbocycles. The second-order valence-electron chi connectivity index (χ2n) is 6.92. The fraction of sp³-hybridized carbons (Fsp3) is 0.300. The number of hydrogen-bond acceptors (Lipinski definition) is 4. The lowest BCUT2D eigenvalue weighted by atomic mass is 10.1. The third-order valence-corrected chi connectivity index (χ3v) is 5.76. The number of halogens is 3. The van der Waals surface area contributed by atoms with Crippen LogP contribution < -0.4 is 5.32 Å². The van der Waals surface area contributed by atoms with Gasteiger partial charge in [-0.05, 0) is 43.5 Å². The zero-order valence-corrected chi connectivity index (χ0v) is 17.6. The van der Waals surface area contributed by atoms with Crippen LogP contribution in [0.4, 0.5) is 15.8 Å². The molecular formula is C20H18BrClFN3O3. The average Bonchev–Trinajstić information content (AvgIpc) is 3.09. The highest BCUT2D eigenvalue weighted by Gasteiger charge is 2.23. The first-order chi connectivity index (χ1) is 13.9. The minimum atomic E-state index is -1.25. The van der Waals surface area contributed by atoms with Crippen LogP contribution in [0.15, 0.2) is 35.1 Å². The van der Waals surface area contributed by atoms with E-state index in [-0.39, 0.29) is 22.9 Å². The number of rotatable bonds is 5. The Morgan fingerprint density at radius 3 is 2.93 bits per heavy atom. The molecule has 2 heterocycles. The first kappa shape index (κ1) is 20.1. The molecule has 1 saturated heterocycles. The fourth-order valence-corrected chi connectivity index (χ4v) is 4.21. The number of anilines is 2. The molecular weight excluding hydrogens is 465 g/mol. The van der Waals surface area contributed by atoms with Crippen LogP contribution in [0.5, 0.6) is 0 Å². The predicted molar refractivity (Wildman–Crippen MR) is 113 cm³/mol. The van der Waals surface area contributed by atoms with Crippen molar-refractivity contribution in [3.05, 3.63) is 51.5 Å². The molecule has 0 radical (unpaired) electrons. The Bertz CT molecular complexity index is 1080. The van der Waals surface area contributed by atoms with Crippen LogP contribution in [0.1, 0.15) is 29.6 Å². The molecule has 3 aromatic rings. The van der Waals surface area contributed by atoms with Gasteiger partial charge in [-0.3, -0.25) is 0 Å². The largest absolute Gasteiger partial charge is 0.478 e. The lowest BCUT2D eigenvalue weighted by molar-refractivity contribution is 0.00661. The third-order valence-electron chi connectivity index (χ3n) is 4.95. The van der Waals surface area contributed by atoms with Gasteiger partial charge >= 0.3 is 5.97 Å². The van der Waals surface area contributed by atoms with Gasteiger partial charge in [-0.1, -0.05) is 27.5 Å². The summed E-state index contributed by atoms with van der Waals surface area (Å²) < 4.78 is 23.5. The van der Waals surface area contributed by atoms with Crippen molar-refractivity contribution in [3.63, 3.8) is 0 Å². The maximum Gasteiger partial charge on any atom is 0.338 e. The zero-order chi connectivity index (χ0) is 20.5. The Hall–Kier alpha value is -2.16. The molecule has 2 aromatic carbocycles. The Kier molecular flexibility index (Phi) is 5.76. The molecule has 2 N–H and O–H groups in total. The molecule has 6 nitrogen and oxygen atoms in total. The minimum absolute atomic E-state index is 0.0110. The number of carboxylic acids is 1. The first-order valence-corrected chi connectivity index (χ1v) is 10.4. The number of nitrogens with one attached hydrogen (secondary N) is 1. The fourth-order valence-electron chi connectivity index (χ4n) is 3.49. The minimum Gasteiger partial charge on any atom is -0.478 e. The maximum atomic E-state index is 15.3. The molecule has 0 saturated carbocycles. The highest BCUT2D eigenvalue weighted by Crippen LogP contribution is 2.34. The van der Waals surface area contributed by atoms with Gasteiger partial charge in [0.1, 0.15) is 5.52 Å².